The predicted molar refractivity (Wildman–Crippen MR) is 76.6 cm³/mol. The van der Waals surface area contributed by atoms with Gasteiger partial charge in [0.15, 0.2) is 5.82 Å². The molecule has 1 N–H and O–H groups in total. The lowest BCUT2D eigenvalue weighted by Gasteiger charge is -2.29. The van der Waals surface area contributed by atoms with Crippen molar-refractivity contribution in [2.24, 2.45) is 5.41 Å². The van der Waals surface area contributed by atoms with Gasteiger partial charge in [-0.2, -0.15) is 0 Å². The molecule has 2 aromatic rings. The summed E-state index contributed by atoms with van der Waals surface area (Å²) in [6.07, 6.45) is -0.00804. The SMILES string of the molecule is Cc1ccc(-c2nnnn2C(CC(=O)O)C(C)(C)C)s1. The van der Waals surface area contributed by atoms with E-state index in [2.05, 4.69) is 15.5 Å². The maximum atomic E-state index is 11.1. The number of hydrogen-bond donors (Lipinski definition) is 1. The number of hydrogen-bond acceptors (Lipinski definition) is 5. The van der Waals surface area contributed by atoms with Gasteiger partial charge in [-0.05, 0) is 34.9 Å². The zero-order chi connectivity index (χ0) is 14.9. The number of tetrazole rings is 1. The first-order valence-corrected chi connectivity index (χ1v) is 7.17. The maximum Gasteiger partial charge on any atom is 0.305 e. The van der Waals surface area contributed by atoms with Crippen LogP contribution in [0.15, 0.2) is 12.1 Å². The first-order chi connectivity index (χ1) is 9.29. The summed E-state index contributed by atoms with van der Waals surface area (Å²) >= 11 is 1.60. The zero-order valence-electron chi connectivity index (χ0n) is 12.0. The number of aromatic nitrogens is 4. The molecule has 0 bridgehead atoms. The first-order valence-electron chi connectivity index (χ1n) is 6.35. The molecule has 6 nitrogen and oxygen atoms in total. The largest absolute Gasteiger partial charge is 0.481 e. The smallest absolute Gasteiger partial charge is 0.305 e. The van der Waals surface area contributed by atoms with Crippen LogP contribution in [-0.2, 0) is 4.79 Å². The number of aliphatic carboxylic acids is 1. The van der Waals surface area contributed by atoms with Gasteiger partial charge in [-0.25, -0.2) is 4.68 Å². The van der Waals surface area contributed by atoms with Crippen LogP contribution in [-0.4, -0.2) is 31.3 Å². The van der Waals surface area contributed by atoms with Crippen LogP contribution in [0.3, 0.4) is 0 Å². The lowest BCUT2D eigenvalue weighted by molar-refractivity contribution is -0.138. The Morgan fingerprint density at radius 1 is 1.45 bits per heavy atom. The highest BCUT2D eigenvalue weighted by molar-refractivity contribution is 7.15. The van der Waals surface area contributed by atoms with Crippen molar-refractivity contribution >= 4 is 17.3 Å². The minimum absolute atomic E-state index is 0.00804. The molecule has 7 heteroatoms. The predicted octanol–water partition coefficient (Wildman–Crippen LogP) is 2.77. The van der Waals surface area contributed by atoms with Crippen LogP contribution in [0.1, 0.15) is 38.1 Å². The van der Waals surface area contributed by atoms with Gasteiger partial charge in [0.05, 0.1) is 17.3 Å². The topological polar surface area (TPSA) is 80.9 Å². The van der Waals surface area contributed by atoms with Crippen molar-refractivity contribution in [2.75, 3.05) is 0 Å². The minimum Gasteiger partial charge on any atom is -0.481 e. The van der Waals surface area contributed by atoms with Crippen LogP contribution in [0, 0.1) is 12.3 Å². The van der Waals surface area contributed by atoms with Crippen molar-refractivity contribution in [3.8, 4) is 10.7 Å². The molecule has 0 aliphatic rings. The van der Waals surface area contributed by atoms with Crippen LogP contribution in [0.4, 0.5) is 0 Å². The Balaban J connectivity index is 2.45. The Kier molecular flexibility index (Phi) is 3.89. The van der Waals surface area contributed by atoms with Gasteiger partial charge in [0.1, 0.15) is 0 Å². The van der Waals surface area contributed by atoms with Crippen LogP contribution >= 0.6 is 11.3 Å². The van der Waals surface area contributed by atoms with Gasteiger partial charge in [0.2, 0.25) is 0 Å². The fourth-order valence-electron chi connectivity index (χ4n) is 2.05. The van der Waals surface area contributed by atoms with E-state index in [0.717, 1.165) is 4.88 Å². The molecule has 2 heterocycles. The molecule has 0 aliphatic carbocycles. The van der Waals surface area contributed by atoms with Gasteiger partial charge in [0.25, 0.3) is 0 Å². The highest BCUT2D eigenvalue weighted by Crippen LogP contribution is 2.36. The van der Waals surface area contributed by atoms with E-state index in [4.69, 9.17) is 5.11 Å². The molecular formula is C13H18N4O2S. The van der Waals surface area contributed by atoms with Crippen molar-refractivity contribution in [1.29, 1.82) is 0 Å². The molecule has 20 heavy (non-hydrogen) atoms. The molecule has 1 unspecified atom stereocenters. The van der Waals surface area contributed by atoms with Crippen molar-refractivity contribution in [1.82, 2.24) is 20.2 Å². The number of rotatable bonds is 4. The summed E-state index contributed by atoms with van der Waals surface area (Å²) in [6, 6.07) is 3.66. The van der Waals surface area contributed by atoms with Gasteiger partial charge in [-0.15, -0.1) is 16.4 Å². The second-order valence-corrected chi connectivity index (χ2v) is 7.12. The number of nitrogens with zero attached hydrogens (tertiary/aromatic N) is 4. The lowest BCUT2D eigenvalue weighted by atomic mass is 9.85. The van der Waals surface area contributed by atoms with E-state index in [9.17, 15) is 4.79 Å². The average molecular weight is 294 g/mol. The van der Waals surface area contributed by atoms with E-state index in [-0.39, 0.29) is 17.9 Å². The average Bonchev–Trinajstić information content (AvgIpc) is 2.92. The third-order valence-electron chi connectivity index (χ3n) is 3.12. The van der Waals surface area contributed by atoms with E-state index in [1.165, 1.54) is 4.88 Å². The molecule has 0 aliphatic heterocycles. The van der Waals surface area contributed by atoms with E-state index >= 15 is 0 Å². The third-order valence-corrected chi connectivity index (χ3v) is 4.11. The Hall–Kier alpha value is -1.76. The maximum absolute atomic E-state index is 11.1. The van der Waals surface area contributed by atoms with Gasteiger partial charge in [-0.1, -0.05) is 20.8 Å². The summed E-state index contributed by atoms with van der Waals surface area (Å²) < 4.78 is 1.64. The number of carboxylic acid groups (broad SMARTS) is 1. The first kappa shape index (κ1) is 14.6. The van der Waals surface area contributed by atoms with E-state index < -0.39 is 5.97 Å². The number of aryl methyl sites for hydroxylation is 1. The second-order valence-electron chi connectivity index (χ2n) is 5.84. The number of carbonyl (C=O) groups is 1. The highest BCUT2D eigenvalue weighted by atomic mass is 32.1. The molecule has 108 valence electrons. The molecule has 0 saturated heterocycles. The fraction of sp³-hybridized carbons (Fsp3) is 0.538. The summed E-state index contributed by atoms with van der Waals surface area (Å²) in [5, 5.41) is 20.9. The highest BCUT2D eigenvalue weighted by Gasteiger charge is 2.32. The molecular weight excluding hydrogens is 276 g/mol. The molecule has 0 spiro atoms. The van der Waals surface area contributed by atoms with Gasteiger partial charge >= 0.3 is 5.97 Å². The fourth-order valence-corrected chi connectivity index (χ4v) is 2.89. The summed E-state index contributed by atoms with van der Waals surface area (Å²) in [4.78, 5) is 13.2. The molecule has 0 aromatic carbocycles. The van der Waals surface area contributed by atoms with Crippen LogP contribution < -0.4 is 0 Å². The third kappa shape index (κ3) is 3.04. The lowest BCUT2D eigenvalue weighted by Crippen LogP contribution is -2.28. The summed E-state index contributed by atoms with van der Waals surface area (Å²) in [6.45, 7) is 7.99. The monoisotopic (exact) mass is 294 g/mol. The Morgan fingerprint density at radius 2 is 2.15 bits per heavy atom. The Morgan fingerprint density at radius 3 is 2.65 bits per heavy atom. The normalized spacial score (nSPS) is 13.4. The summed E-state index contributed by atoms with van der Waals surface area (Å²) in [7, 11) is 0. The van der Waals surface area contributed by atoms with Crippen molar-refractivity contribution < 1.29 is 9.90 Å². The van der Waals surface area contributed by atoms with Crippen LogP contribution in [0.5, 0.6) is 0 Å². The molecule has 0 radical (unpaired) electrons. The van der Waals surface area contributed by atoms with Crippen molar-refractivity contribution in [3.63, 3.8) is 0 Å². The summed E-state index contributed by atoms with van der Waals surface area (Å²) in [5.74, 6) is -0.224. The van der Waals surface area contributed by atoms with Crippen molar-refractivity contribution in [3.05, 3.63) is 17.0 Å². The summed E-state index contributed by atoms with van der Waals surface area (Å²) in [5.41, 5.74) is -0.255. The molecule has 1 atom stereocenters. The van der Waals surface area contributed by atoms with E-state index in [0.29, 0.717) is 5.82 Å². The minimum atomic E-state index is -0.853. The van der Waals surface area contributed by atoms with E-state index in [1.807, 2.05) is 39.8 Å². The molecule has 2 aromatic heterocycles. The van der Waals surface area contributed by atoms with Gasteiger partial charge in [-0.3, -0.25) is 4.79 Å². The Labute approximate surface area is 121 Å². The second kappa shape index (κ2) is 5.32. The standard InChI is InChI=1S/C13H18N4O2S/c1-8-5-6-9(20-8)12-14-15-16-17(12)10(7-11(18)19)13(2,3)4/h5-6,10H,7H2,1-4H3,(H,18,19). The van der Waals surface area contributed by atoms with Crippen molar-refractivity contribution in [2.45, 2.75) is 40.2 Å². The molecule has 2 rings (SSSR count). The van der Waals surface area contributed by atoms with Gasteiger partial charge < -0.3 is 5.11 Å². The van der Waals surface area contributed by atoms with E-state index in [1.54, 1.807) is 16.0 Å². The quantitative estimate of drug-likeness (QED) is 0.937. The zero-order valence-corrected chi connectivity index (χ0v) is 12.8. The van der Waals surface area contributed by atoms with Gasteiger partial charge in [0, 0.05) is 4.88 Å². The Bertz CT molecular complexity index is 612. The molecule has 0 saturated carbocycles. The van der Waals surface area contributed by atoms with Crippen LogP contribution in [0.2, 0.25) is 0 Å². The number of thiophene rings is 1. The number of carboxylic acids is 1. The molecule has 0 fully saturated rings. The molecule has 0 amide bonds. The van der Waals surface area contributed by atoms with Crippen LogP contribution in [0.25, 0.3) is 10.7 Å².